The molecule has 33 heavy (non-hydrogen) atoms. The number of nitrogens with zero attached hydrogens (tertiary/aromatic N) is 3. The molecule has 2 rings (SSSR count). The van der Waals surface area contributed by atoms with Crippen LogP contribution in [0.25, 0.3) is 0 Å². The summed E-state index contributed by atoms with van der Waals surface area (Å²) in [4.78, 5) is 17.4. The Balaban J connectivity index is 2.52. The third-order valence-electron chi connectivity index (χ3n) is 4.73. The Bertz CT molecular complexity index is 1090. The van der Waals surface area contributed by atoms with Crippen molar-refractivity contribution in [1.82, 2.24) is 10.4 Å². The molecule has 6 nitrogen and oxygen atoms in total. The van der Waals surface area contributed by atoms with Gasteiger partial charge in [-0.2, -0.15) is 5.10 Å². The third-order valence-corrected chi connectivity index (χ3v) is 5.08. The lowest BCUT2D eigenvalue weighted by Crippen LogP contribution is -2.36. The largest absolute Gasteiger partial charge is 0.290 e. The number of carbonyl (C=O) groups is 1. The molecule has 0 atom stereocenters. The van der Waals surface area contributed by atoms with E-state index >= 15 is 0 Å². The number of hydrogen-bond donors (Lipinski definition) is 2. The van der Waals surface area contributed by atoms with Gasteiger partial charge in [-0.05, 0) is 51.0 Å². The summed E-state index contributed by atoms with van der Waals surface area (Å²) in [6, 6.07) is 10.0. The van der Waals surface area contributed by atoms with Crippen LogP contribution in [0.2, 0.25) is 0 Å². The zero-order valence-electron chi connectivity index (χ0n) is 19.3. The first-order valence-electron chi connectivity index (χ1n) is 10.6. The summed E-state index contributed by atoms with van der Waals surface area (Å²) in [7, 11) is 0. The second-order valence-corrected chi connectivity index (χ2v) is 8.48. The molecular weight excluding hydrogens is 457 g/mol. The van der Waals surface area contributed by atoms with E-state index < -0.39 is 0 Å². The SMILES string of the molecule is CCC1=NN(/C(C)=C/C=C(/Cl)C=C=C(C)Cl)C(/N=C(\C)Cc2ccccc2)=C(C(=O)NN)C1. The maximum Gasteiger partial charge on any atom is 0.265 e. The number of nitrogens with two attached hydrogens (primary N) is 1. The fourth-order valence-corrected chi connectivity index (χ4v) is 3.23. The van der Waals surface area contributed by atoms with Crippen LogP contribution in [-0.2, 0) is 11.2 Å². The van der Waals surface area contributed by atoms with Crippen LogP contribution in [0.15, 0.2) is 91.5 Å². The standard InChI is InChI=1S/C25H29Cl2N5O/c1-5-22-16-23(25(33)30-28)24(29-18(3)15-20-9-7-6-8-10-20)32(31-22)19(4)12-14-21(27)13-11-17(2)26/h6-10,12-14H,5,15-16,28H2,1-4H3,(H,30,33)/b19-12+,21-14+,29-18+. The Kier molecular flexibility index (Phi) is 10.4. The maximum absolute atomic E-state index is 12.6. The lowest BCUT2D eigenvalue weighted by Gasteiger charge is -2.28. The van der Waals surface area contributed by atoms with Crippen LogP contribution >= 0.6 is 23.2 Å². The second kappa shape index (κ2) is 13.0. The average Bonchev–Trinajstić information content (AvgIpc) is 2.81. The van der Waals surface area contributed by atoms with Gasteiger partial charge in [-0.1, -0.05) is 60.5 Å². The molecule has 1 aliphatic heterocycles. The van der Waals surface area contributed by atoms with Crippen molar-refractivity contribution in [2.45, 2.75) is 47.0 Å². The first kappa shape index (κ1) is 26.4. The minimum Gasteiger partial charge on any atom is -0.290 e. The number of carbonyl (C=O) groups excluding carboxylic acids is 1. The van der Waals surface area contributed by atoms with Crippen molar-refractivity contribution >= 4 is 40.5 Å². The smallest absolute Gasteiger partial charge is 0.265 e. The quantitative estimate of drug-likeness (QED) is 0.124. The highest BCUT2D eigenvalue weighted by molar-refractivity contribution is 6.31. The summed E-state index contributed by atoms with van der Waals surface area (Å²) >= 11 is 12.0. The molecule has 1 aliphatic rings. The van der Waals surface area contributed by atoms with Gasteiger partial charge in [0.1, 0.15) is 0 Å². The molecule has 1 aromatic carbocycles. The molecule has 8 heteroatoms. The number of hydrazine groups is 1. The lowest BCUT2D eigenvalue weighted by atomic mass is 10.0. The zero-order chi connectivity index (χ0) is 24.4. The van der Waals surface area contributed by atoms with Crippen LogP contribution in [0.1, 0.15) is 46.1 Å². The molecule has 0 saturated carbocycles. The van der Waals surface area contributed by atoms with Crippen molar-refractivity contribution < 1.29 is 4.79 Å². The van der Waals surface area contributed by atoms with Crippen LogP contribution in [0, 0.1) is 0 Å². The van der Waals surface area contributed by atoms with Gasteiger partial charge >= 0.3 is 0 Å². The molecule has 0 spiro atoms. The minimum atomic E-state index is -0.390. The molecule has 0 fully saturated rings. The van der Waals surface area contributed by atoms with Crippen molar-refractivity contribution in [1.29, 1.82) is 0 Å². The van der Waals surface area contributed by atoms with Crippen LogP contribution in [-0.4, -0.2) is 22.3 Å². The minimum absolute atomic E-state index is 0.375. The molecule has 0 bridgehead atoms. The van der Waals surface area contributed by atoms with Gasteiger partial charge in [0.25, 0.3) is 5.91 Å². The molecule has 0 radical (unpaired) electrons. The molecule has 1 amide bonds. The fourth-order valence-electron chi connectivity index (χ4n) is 3.06. The highest BCUT2D eigenvalue weighted by Gasteiger charge is 2.27. The van der Waals surface area contributed by atoms with Crippen LogP contribution in [0.5, 0.6) is 0 Å². The number of hydrogen-bond acceptors (Lipinski definition) is 5. The van der Waals surface area contributed by atoms with E-state index in [1.165, 1.54) is 0 Å². The second-order valence-electron chi connectivity index (χ2n) is 7.48. The molecule has 0 aromatic heterocycles. The highest BCUT2D eigenvalue weighted by atomic mass is 35.5. The molecular formula is C25H29Cl2N5O. The van der Waals surface area contributed by atoms with Crippen LogP contribution in [0.3, 0.4) is 0 Å². The third kappa shape index (κ3) is 8.19. The van der Waals surface area contributed by atoms with E-state index in [1.54, 1.807) is 30.2 Å². The molecule has 0 saturated heterocycles. The maximum atomic E-state index is 12.6. The normalized spacial score (nSPS) is 15.2. The number of hydrazone groups is 1. The van der Waals surface area contributed by atoms with E-state index in [4.69, 9.17) is 39.1 Å². The average molecular weight is 486 g/mol. The van der Waals surface area contributed by atoms with Crippen molar-refractivity contribution in [3.63, 3.8) is 0 Å². The predicted molar refractivity (Wildman–Crippen MR) is 138 cm³/mol. The topological polar surface area (TPSA) is 83.1 Å². The van der Waals surface area contributed by atoms with Crippen molar-refractivity contribution in [2.24, 2.45) is 15.9 Å². The van der Waals surface area contributed by atoms with E-state index in [2.05, 4.69) is 11.2 Å². The molecule has 0 unspecified atom stereocenters. The molecule has 174 valence electrons. The number of amides is 1. The van der Waals surface area contributed by atoms with E-state index in [0.29, 0.717) is 40.7 Å². The van der Waals surface area contributed by atoms with Gasteiger partial charge in [0.05, 0.1) is 10.6 Å². The zero-order valence-corrected chi connectivity index (χ0v) is 20.8. The molecule has 3 N–H and O–H groups in total. The first-order chi connectivity index (χ1) is 15.7. The lowest BCUT2D eigenvalue weighted by molar-refractivity contribution is -0.117. The highest BCUT2D eigenvalue weighted by Crippen LogP contribution is 2.28. The Hall–Kier alpha value is -2.89. The van der Waals surface area contributed by atoms with Gasteiger partial charge in [0.2, 0.25) is 0 Å². The Morgan fingerprint density at radius 1 is 1.24 bits per heavy atom. The Labute approximate surface area is 205 Å². The summed E-state index contributed by atoms with van der Waals surface area (Å²) in [6.45, 7) is 7.51. The summed E-state index contributed by atoms with van der Waals surface area (Å²) in [5.74, 6) is 5.53. The van der Waals surface area contributed by atoms with E-state index in [-0.39, 0.29) is 5.91 Å². The van der Waals surface area contributed by atoms with Crippen molar-refractivity contribution in [3.8, 4) is 0 Å². The Morgan fingerprint density at radius 3 is 2.55 bits per heavy atom. The van der Waals surface area contributed by atoms with Crippen molar-refractivity contribution in [3.05, 3.63) is 87.0 Å². The fraction of sp³-hybridized carbons (Fsp3) is 0.280. The summed E-state index contributed by atoms with van der Waals surface area (Å²) in [5, 5.41) is 7.34. The van der Waals surface area contributed by atoms with Gasteiger partial charge in [-0.3, -0.25) is 10.2 Å². The molecule has 0 aliphatic carbocycles. The summed E-state index contributed by atoms with van der Waals surface area (Å²) in [5.41, 5.74) is 9.08. The Morgan fingerprint density at radius 2 is 1.94 bits per heavy atom. The monoisotopic (exact) mass is 485 g/mol. The van der Waals surface area contributed by atoms with Gasteiger partial charge in [-0.25, -0.2) is 15.8 Å². The first-order valence-corrected chi connectivity index (χ1v) is 11.3. The number of benzene rings is 1. The summed E-state index contributed by atoms with van der Waals surface area (Å²) in [6.07, 6.45) is 6.79. The number of halogens is 2. The van der Waals surface area contributed by atoms with Crippen LogP contribution < -0.4 is 11.3 Å². The number of nitrogens with one attached hydrogen (secondary N) is 1. The van der Waals surface area contributed by atoms with Crippen molar-refractivity contribution in [2.75, 3.05) is 0 Å². The molecule has 1 aromatic rings. The van der Waals surface area contributed by atoms with Gasteiger partial charge in [0, 0.05) is 35.0 Å². The summed E-state index contributed by atoms with van der Waals surface area (Å²) < 4.78 is 0. The van der Waals surface area contributed by atoms with Gasteiger partial charge in [-0.15, -0.1) is 5.73 Å². The number of allylic oxidation sites excluding steroid dienone is 5. The number of aliphatic imine (C=N–C) groups is 1. The predicted octanol–water partition coefficient (Wildman–Crippen LogP) is 5.69. The van der Waals surface area contributed by atoms with E-state index in [9.17, 15) is 4.79 Å². The van der Waals surface area contributed by atoms with Crippen LogP contribution in [0.4, 0.5) is 0 Å². The van der Waals surface area contributed by atoms with Gasteiger partial charge < -0.3 is 0 Å². The van der Waals surface area contributed by atoms with E-state index in [0.717, 1.165) is 22.7 Å². The molecule has 1 heterocycles. The van der Waals surface area contributed by atoms with E-state index in [1.807, 2.05) is 51.1 Å². The van der Waals surface area contributed by atoms with Gasteiger partial charge in [0.15, 0.2) is 5.82 Å². The number of rotatable bonds is 8.